The Kier molecular flexibility index (Phi) is 6.78. The van der Waals surface area contributed by atoms with Crippen LogP contribution < -0.4 is 5.32 Å². The zero-order valence-electron chi connectivity index (χ0n) is 13.6. The molecule has 0 spiro atoms. The molecule has 0 bridgehead atoms. The molecule has 1 N–H and O–H groups in total. The molecule has 1 fully saturated rings. The van der Waals surface area contributed by atoms with Crippen molar-refractivity contribution in [3.8, 4) is 0 Å². The molecular formula is C16H33NO2. The van der Waals surface area contributed by atoms with Gasteiger partial charge in [0.15, 0.2) is 0 Å². The SMILES string of the molecule is CCNC(CCC(C)(C)OC)C1(OC)CCCCC1. The first-order chi connectivity index (χ1) is 8.99. The third-order valence-electron chi connectivity index (χ3n) is 4.78. The lowest BCUT2D eigenvalue weighted by atomic mass is 9.76. The van der Waals surface area contributed by atoms with Crippen LogP contribution >= 0.6 is 0 Å². The fourth-order valence-electron chi connectivity index (χ4n) is 3.24. The summed E-state index contributed by atoms with van der Waals surface area (Å²) in [6.45, 7) is 7.51. The van der Waals surface area contributed by atoms with Crippen LogP contribution in [0.4, 0.5) is 0 Å². The fraction of sp³-hybridized carbons (Fsp3) is 1.00. The second-order valence-electron chi connectivity index (χ2n) is 6.44. The Hall–Kier alpha value is -0.120. The summed E-state index contributed by atoms with van der Waals surface area (Å²) in [7, 11) is 3.69. The topological polar surface area (TPSA) is 30.5 Å². The highest BCUT2D eigenvalue weighted by Crippen LogP contribution is 2.36. The molecule has 0 radical (unpaired) electrons. The summed E-state index contributed by atoms with van der Waals surface area (Å²) in [6.07, 6.45) is 8.50. The van der Waals surface area contributed by atoms with E-state index < -0.39 is 0 Å². The Morgan fingerprint density at radius 3 is 2.26 bits per heavy atom. The van der Waals surface area contributed by atoms with Gasteiger partial charge < -0.3 is 14.8 Å². The molecule has 1 atom stereocenters. The number of rotatable bonds is 8. The van der Waals surface area contributed by atoms with Crippen LogP contribution in [0, 0.1) is 0 Å². The van der Waals surface area contributed by atoms with Gasteiger partial charge >= 0.3 is 0 Å². The molecule has 0 aromatic carbocycles. The minimum Gasteiger partial charge on any atom is -0.379 e. The summed E-state index contributed by atoms with van der Waals surface area (Å²) in [6, 6.07) is 0.442. The molecule has 1 aliphatic rings. The highest BCUT2D eigenvalue weighted by atomic mass is 16.5. The van der Waals surface area contributed by atoms with Crippen molar-refractivity contribution in [3.63, 3.8) is 0 Å². The smallest absolute Gasteiger partial charge is 0.0830 e. The normalized spacial score (nSPS) is 21.3. The van der Waals surface area contributed by atoms with E-state index in [-0.39, 0.29) is 11.2 Å². The van der Waals surface area contributed by atoms with E-state index in [9.17, 15) is 0 Å². The quantitative estimate of drug-likeness (QED) is 0.732. The molecule has 3 heteroatoms. The van der Waals surface area contributed by atoms with Crippen molar-refractivity contribution in [3.05, 3.63) is 0 Å². The molecule has 1 unspecified atom stereocenters. The molecule has 3 nitrogen and oxygen atoms in total. The van der Waals surface area contributed by atoms with Crippen molar-refractivity contribution < 1.29 is 9.47 Å². The van der Waals surface area contributed by atoms with Gasteiger partial charge in [0.2, 0.25) is 0 Å². The van der Waals surface area contributed by atoms with Crippen LogP contribution in [-0.4, -0.2) is 38.0 Å². The molecule has 1 rings (SSSR count). The van der Waals surface area contributed by atoms with E-state index in [0.717, 1.165) is 19.4 Å². The lowest BCUT2D eigenvalue weighted by Gasteiger charge is -2.43. The van der Waals surface area contributed by atoms with Crippen molar-refractivity contribution >= 4 is 0 Å². The van der Waals surface area contributed by atoms with E-state index in [0.29, 0.717) is 6.04 Å². The molecule has 1 aliphatic carbocycles. The Morgan fingerprint density at radius 2 is 1.79 bits per heavy atom. The second-order valence-corrected chi connectivity index (χ2v) is 6.44. The highest BCUT2D eigenvalue weighted by Gasteiger charge is 2.40. The van der Waals surface area contributed by atoms with E-state index in [4.69, 9.17) is 9.47 Å². The summed E-state index contributed by atoms with van der Waals surface area (Å²) < 4.78 is 11.5. The fourth-order valence-corrected chi connectivity index (χ4v) is 3.24. The summed E-state index contributed by atoms with van der Waals surface area (Å²) in [4.78, 5) is 0. The van der Waals surface area contributed by atoms with Gasteiger partial charge in [0.05, 0.1) is 11.2 Å². The van der Waals surface area contributed by atoms with E-state index in [2.05, 4.69) is 26.1 Å². The first-order valence-corrected chi connectivity index (χ1v) is 7.83. The first-order valence-electron chi connectivity index (χ1n) is 7.83. The summed E-state index contributed by atoms with van der Waals surface area (Å²) in [5.74, 6) is 0. The standard InChI is InChI=1S/C16H33NO2/c1-6-17-14(10-13-15(2,3)18-4)16(19-5)11-8-7-9-12-16/h14,17H,6-13H2,1-5H3. The average molecular weight is 271 g/mol. The number of nitrogens with one attached hydrogen (secondary N) is 1. The molecule has 19 heavy (non-hydrogen) atoms. The Bertz CT molecular complexity index is 247. The molecule has 0 aliphatic heterocycles. The van der Waals surface area contributed by atoms with E-state index in [1.54, 1.807) is 7.11 Å². The lowest BCUT2D eigenvalue weighted by Crippen LogP contribution is -2.53. The van der Waals surface area contributed by atoms with Crippen molar-refractivity contribution in [2.45, 2.75) is 83.0 Å². The monoisotopic (exact) mass is 271 g/mol. The van der Waals surface area contributed by atoms with Crippen LogP contribution in [0.2, 0.25) is 0 Å². The predicted molar refractivity (Wildman–Crippen MR) is 80.6 cm³/mol. The van der Waals surface area contributed by atoms with E-state index in [1.807, 2.05) is 7.11 Å². The second kappa shape index (κ2) is 7.61. The van der Waals surface area contributed by atoms with Crippen LogP contribution in [0.25, 0.3) is 0 Å². The molecule has 1 saturated carbocycles. The average Bonchev–Trinajstić information content (AvgIpc) is 2.44. The van der Waals surface area contributed by atoms with E-state index in [1.165, 1.54) is 32.1 Å². The van der Waals surface area contributed by atoms with Gasteiger partial charge in [0.25, 0.3) is 0 Å². The van der Waals surface area contributed by atoms with Crippen LogP contribution in [0.1, 0.15) is 65.7 Å². The third kappa shape index (κ3) is 4.73. The van der Waals surface area contributed by atoms with Crippen LogP contribution in [0.5, 0.6) is 0 Å². The van der Waals surface area contributed by atoms with Gasteiger partial charge in [-0.1, -0.05) is 26.2 Å². The zero-order chi connectivity index (χ0) is 14.4. The molecular weight excluding hydrogens is 238 g/mol. The maximum absolute atomic E-state index is 5.99. The highest BCUT2D eigenvalue weighted by molar-refractivity contribution is 4.96. The molecule has 0 aromatic rings. The van der Waals surface area contributed by atoms with Gasteiger partial charge in [0.1, 0.15) is 0 Å². The molecule has 0 saturated heterocycles. The summed E-state index contributed by atoms with van der Waals surface area (Å²) >= 11 is 0. The zero-order valence-corrected chi connectivity index (χ0v) is 13.6. The minimum atomic E-state index is -0.0444. The van der Waals surface area contributed by atoms with Crippen molar-refractivity contribution in [2.75, 3.05) is 20.8 Å². The molecule has 114 valence electrons. The van der Waals surface area contributed by atoms with Gasteiger partial charge in [-0.2, -0.15) is 0 Å². The number of likely N-dealkylation sites (N-methyl/N-ethyl adjacent to an activating group) is 1. The summed E-state index contributed by atoms with van der Waals surface area (Å²) in [5, 5.41) is 3.66. The third-order valence-corrected chi connectivity index (χ3v) is 4.78. The van der Waals surface area contributed by atoms with Crippen molar-refractivity contribution in [1.29, 1.82) is 0 Å². The van der Waals surface area contributed by atoms with Gasteiger partial charge in [-0.05, 0) is 46.1 Å². The maximum atomic E-state index is 5.99. The Labute approximate surface area is 119 Å². The minimum absolute atomic E-state index is 0.0398. The Morgan fingerprint density at radius 1 is 1.16 bits per heavy atom. The lowest BCUT2D eigenvalue weighted by molar-refractivity contribution is -0.0753. The van der Waals surface area contributed by atoms with Gasteiger partial charge in [-0.15, -0.1) is 0 Å². The number of hydrogen-bond donors (Lipinski definition) is 1. The number of ether oxygens (including phenoxy) is 2. The molecule has 0 amide bonds. The predicted octanol–water partition coefficient (Wildman–Crippen LogP) is 3.52. The Balaban J connectivity index is 2.68. The van der Waals surface area contributed by atoms with Crippen molar-refractivity contribution in [2.24, 2.45) is 0 Å². The number of methoxy groups -OCH3 is 2. The van der Waals surface area contributed by atoms with Crippen molar-refractivity contribution in [1.82, 2.24) is 5.32 Å². The first kappa shape index (κ1) is 16.9. The van der Waals surface area contributed by atoms with Crippen LogP contribution in [0.3, 0.4) is 0 Å². The van der Waals surface area contributed by atoms with Gasteiger partial charge in [-0.3, -0.25) is 0 Å². The van der Waals surface area contributed by atoms with Crippen LogP contribution in [0.15, 0.2) is 0 Å². The van der Waals surface area contributed by atoms with Gasteiger partial charge in [-0.25, -0.2) is 0 Å². The van der Waals surface area contributed by atoms with Gasteiger partial charge in [0, 0.05) is 20.3 Å². The van der Waals surface area contributed by atoms with Crippen LogP contribution in [-0.2, 0) is 9.47 Å². The molecule has 0 aromatic heterocycles. The molecule has 0 heterocycles. The van der Waals surface area contributed by atoms with E-state index >= 15 is 0 Å². The largest absolute Gasteiger partial charge is 0.379 e. The summed E-state index contributed by atoms with van der Waals surface area (Å²) in [5.41, 5.74) is -0.00461. The number of hydrogen-bond acceptors (Lipinski definition) is 3. The maximum Gasteiger partial charge on any atom is 0.0830 e.